The number of ether oxygens (including phenoxy) is 2. The van der Waals surface area contributed by atoms with Gasteiger partial charge in [-0.05, 0) is 19.8 Å². The zero-order chi connectivity index (χ0) is 21.1. The third-order valence-corrected chi connectivity index (χ3v) is 3.65. The number of aliphatic hydroxyl groups excluding tert-OH is 1. The number of esters is 2. The molecule has 1 aromatic rings. The average Bonchev–Trinajstić information content (AvgIpc) is 3.13. The Hall–Kier alpha value is -2.62. The minimum absolute atomic E-state index is 0.0752. The first-order valence-electron chi connectivity index (χ1n) is 9.33. The van der Waals surface area contributed by atoms with Gasteiger partial charge in [0.05, 0.1) is 19.8 Å². The van der Waals surface area contributed by atoms with E-state index in [2.05, 4.69) is 15.3 Å². The first kappa shape index (κ1) is 23.4. The summed E-state index contributed by atoms with van der Waals surface area (Å²) >= 11 is 0. The smallest absolute Gasteiger partial charge is 0.336 e. The molecule has 1 aromatic heterocycles. The maximum absolute atomic E-state index is 12.8. The topological polar surface area (TPSA) is 134 Å². The summed E-state index contributed by atoms with van der Waals surface area (Å²) in [6.45, 7) is 7.40. The highest BCUT2D eigenvalue weighted by molar-refractivity contribution is 5.84. The Kier molecular flexibility index (Phi) is 10.0. The van der Waals surface area contributed by atoms with Crippen LogP contribution in [0.1, 0.15) is 33.5 Å². The molecule has 10 heteroatoms. The van der Waals surface area contributed by atoms with E-state index < -0.39 is 30.1 Å². The van der Waals surface area contributed by atoms with Gasteiger partial charge in [0, 0.05) is 25.4 Å². The molecule has 1 unspecified atom stereocenters. The molecule has 158 valence electrons. The number of hydrogen-bond donors (Lipinski definition) is 3. The Bertz CT molecular complexity index is 620. The number of rotatable bonds is 11. The molecule has 10 nitrogen and oxygen atoms in total. The van der Waals surface area contributed by atoms with Crippen molar-refractivity contribution in [3.63, 3.8) is 0 Å². The van der Waals surface area contributed by atoms with Gasteiger partial charge in [-0.3, -0.25) is 0 Å². The van der Waals surface area contributed by atoms with Crippen LogP contribution in [0.3, 0.4) is 0 Å². The Balaban J connectivity index is 2.87. The number of amides is 2. The molecule has 0 aliphatic heterocycles. The number of hydrogen-bond acceptors (Lipinski definition) is 7. The summed E-state index contributed by atoms with van der Waals surface area (Å²) in [6, 6.07) is -1.56. The molecule has 2 atom stereocenters. The van der Waals surface area contributed by atoms with Crippen molar-refractivity contribution in [3.05, 3.63) is 18.2 Å². The second-order valence-electron chi connectivity index (χ2n) is 6.56. The molecule has 28 heavy (non-hydrogen) atoms. The number of carbonyl (C=O) groups is 3. The van der Waals surface area contributed by atoms with Crippen LogP contribution in [0, 0.1) is 5.92 Å². The molecule has 1 rings (SSSR count). The highest BCUT2D eigenvalue weighted by Gasteiger charge is 2.29. The Labute approximate surface area is 164 Å². The van der Waals surface area contributed by atoms with Gasteiger partial charge < -0.3 is 29.8 Å². The van der Waals surface area contributed by atoms with Gasteiger partial charge in [0.1, 0.15) is 11.9 Å². The quantitative estimate of drug-likeness (QED) is 0.461. The first-order valence-corrected chi connectivity index (χ1v) is 9.33. The standard InChI is InChI=1S/C18H30N4O6/c1-5-27-16(24)13(9-15-19-7-8-20-15)21-18(26)22(10-12(3)4)11-14(23)17(25)28-6-2/h7-8,12-14,23H,5-6,9-11H2,1-4H3,(H,19,20)(H,21,26)/t13-,14?/m0/s1. The molecule has 0 radical (unpaired) electrons. The lowest BCUT2D eigenvalue weighted by molar-refractivity contribution is -0.153. The molecule has 0 saturated carbocycles. The summed E-state index contributed by atoms with van der Waals surface area (Å²) < 4.78 is 9.81. The number of urea groups is 1. The fourth-order valence-corrected chi connectivity index (χ4v) is 2.48. The third-order valence-electron chi connectivity index (χ3n) is 3.65. The lowest BCUT2D eigenvalue weighted by Gasteiger charge is -2.28. The fraction of sp³-hybridized carbons (Fsp3) is 0.667. The van der Waals surface area contributed by atoms with E-state index in [1.807, 2.05) is 13.8 Å². The van der Waals surface area contributed by atoms with Crippen LogP contribution in [0.2, 0.25) is 0 Å². The molecule has 0 aliphatic carbocycles. The maximum Gasteiger partial charge on any atom is 0.336 e. The monoisotopic (exact) mass is 398 g/mol. The molecular weight excluding hydrogens is 368 g/mol. The van der Waals surface area contributed by atoms with Crippen LogP contribution in [0.25, 0.3) is 0 Å². The maximum atomic E-state index is 12.8. The van der Waals surface area contributed by atoms with Crippen LogP contribution in [0.15, 0.2) is 12.4 Å². The molecule has 0 saturated heterocycles. The second-order valence-corrected chi connectivity index (χ2v) is 6.56. The lowest BCUT2D eigenvalue weighted by Crippen LogP contribution is -2.52. The summed E-state index contributed by atoms with van der Waals surface area (Å²) in [5, 5.41) is 12.6. The Morgan fingerprint density at radius 3 is 2.36 bits per heavy atom. The van der Waals surface area contributed by atoms with E-state index in [0.29, 0.717) is 5.82 Å². The van der Waals surface area contributed by atoms with Gasteiger partial charge in [-0.25, -0.2) is 19.4 Å². The van der Waals surface area contributed by atoms with Crippen molar-refractivity contribution in [3.8, 4) is 0 Å². The summed E-state index contributed by atoms with van der Waals surface area (Å²) in [4.78, 5) is 44.9. The molecule has 2 amide bonds. The molecule has 0 spiro atoms. The van der Waals surface area contributed by atoms with Gasteiger partial charge in [0.25, 0.3) is 0 Å². The summed E-state index contributed by atoms with van der Waals surface area (Å²) in [5.41, 5.74) is 0. The number of aliphatic hydroxyl groups is 1. The summed E-state index contributed by atoms with van der Waals surface area (Å²) in [7, 11) is 0. The summed E-state index contributed by atoms with van der Waals surface area (Å²) in [5.74, 6) is -0.809. The SMILES string of the molecule is CCOC(=O)C(O)CN(CC(C)C)C(=O)N[C@@H](Cc1ncc[nH]1)C(=O)OCC. The zero-order valence-corrected chi connectivity index (χ0v) is 16.8. The van der Waals surface area contributed by atoms with Gasteiger partial charge in [0.15, 0.2) is 6.10 Å². The average molecular weight is 398 g/mol. The van der Waals surface area contributed by atoms with E-state index >= 15 is 0 Å². The van der Waals surface area contributed by atoms with Crippen LogP contribution in [-0.2, 0) is 25.5 Å². The second kappa shape index (κ2) is 12.0. The van der Waals surface area contributed by atoms with E-state index in [-0.39, 0.29) is 38.6 Å². The van der Waals surface area contributed by atoms with E-state index in [1.54, 1.807) is 26.2 Å². The van der Waals surface area contributed by atoms with Crippen LogP contribution < -0.4 is 5.32 Å². The zero-order valence-electron chi connectivity index (χ0n) is 16.8. The molecule has 1 heterocycles. The van der Waals surface area contributed by atoms with Crippen LogP contribution in [0.4, 0.5) is 4.79 Å². The number of aromatic nitrogens is 2. The minimum atomic E-state index is -1.48. The summed E-state index contributed by atoms with van der Waals surface area (Å²) in [6.07, 6.45) is 1.80. The van der Waals surface area contributed by atoms with Crippen LogP contribution >= 0.6 is 0 Å². The van der Waals surface area contributed by atoms with E-state index in [9.17, 15) is 19.5 Å². The first-order chi connectivity index (χ1) is 13.3. The van der Waals surface area contributed by atoms with Crippen molar-refractivity contribution in [2.75, 3.05) is 26.3 Å². The molecule has 0 fully saturated rings. The predicted molar refractivity (Wildman–Crippen MR) is 100 cm³/mol. The van der Waals surface area contributed by atoms with Gasteiger partial charge in [-0.1, -0.05) is 13.8 Å². The fourth-order valence-electron chi connectivity index (χ4n) is 2.48. The predicted octanol–water partition coefficient (Wildman–Crippen LogP) is 0.476. The third kappa shape index (κ3) is 7.95. The van der Waals surface area contributed by atoms with Crippen molar-refractivity contribution < 1.29 is 29.0 Å². The van der Waals surface area contributed by atoms with Gasteiger partial charge in [-0.15, -0.1) is 0 Å². The highest BCUT2D eigenvalue weighted by atomic mass is 16.5. The largest absolute Gasteiger partial charge is 0.464 e. The van der Waals surface area contributed by atoms with Crippen molar-refractivity contribution >= 4 is 18.0 Å². The van der Waals surface area contributed by atoms with E-state index in [1.165, 1.54) is 4.90 Å². The Morgan fingerprint density at radius 1 is 1.18 bits per heavy atom. The van der Waals surface area contributed by atoms with Crippen molar-refractivity contribution in [2.24, 2.45) is 5.92 Å². The number of imidazole rings is 1. The molecule has 3 N–H and O–H groups in total. The number of nitrogens with zero attached hydrogens (tertiary/aromatic N) is 2. The van der Waals surface area contributed by atoms with Gasteiger partial charge in [-0.2, -0.15) is 0 Å². The van der Waals surface area contributed by atoms with Crippen molar-refractivity contribution in [1.29, 1.82) is 0 Å². The number of H-pyrrole nitrogens is 1. The van der Waals surface area contributed by atoms with E-state index in [0.717, 1.165) is 0 Å². The molecule has 0 aromatic carbocycles. The lowest BCUT2D eigenvalue weighted by atomic mass is 10.2. The van der Waals surface area contributed by atoms with Crippen LogP contribution in [0.5, 0.6) is 0 Å². The number of nitrogens with one attached hydrogen (secondary N) is 2. The number of carbonyl (C=O) groups excluding carboxylic acids is 3. The highest BCUT2D eigenvalue weighted by Crippen LogP contribution is 2.06. The Morgan fingerprint density at radius 2 is 1.82 bits per heavy atom. The van der Waals surface area contributed by atoms with E-state index in [4.69, 9.17) is 9.47 Å². The molecule has 0 aliphatic rings. The minimum Gasteiger partial charge on any atom is -0.464 e. The normalized spacial score (nSPS) is 12.9. The van der Waals surface area contributed by atoms with Crippen molar-refractivity contribution in [2.45, 2.75) is 46.3 Å². The number of aromatic amines is 1. The molecule has 0 bridgehead atoms. The van der Waals surface area contributed by atoms with Gasteiger partial charge in [0.2, 0.25) is 0 Å². The van der Waals surface area contributed by atoms with Crippen molar-refractivity contribution in [1.82, 2.24) is 20.2 Å². The molecular formula is C18H30N4O6. The van der Waals surface area contributed by atoms with Crippen LogP contribution in [-0.4, -0.2) is 76.4 Å². The van der Waals surface area contributed by atoms with Gasteiger partial charge >= 0.3 is 18.0 Å².